The highest BCUT2D eigenvalue weighted by Crippen LogP contribution is 2.55. The summed E-state index contributed by atoms with van der Waals surface area (Å²) in [6.07, 6.45) is 9.33. The Kier molecular flexibility index (Phi) is 3.09. The SMILES string of the molecule is CCCCC1N(C=O)C12C=C(C)CC(C)(C)C2. The zero-order valence-corrected chi connectivity index (χ0v) is 11.6. The molecule has 2 aliphatic rings. The number of carbonyl (C=O) groups excluding carboxylic acids is 1. The molecule has 0 aromatic heterocycles. The third kappa shape index (κ3) is 2.14. The van der Waals surface area contributed by atoms with Gasteiger partial charge in [0.2, 0.25) is 6.41 Å². The summed E-state index contributed by atoms with van der Waals surface area (Å²) in [6.45, 7) is 9.07. The molecule has 2 unspecified atom stereocenters. The third-order valence-electron chi connectivity index (χ3n) is 4.29. The van der Waals surface area contributed by atoms with Crippen LogP contribution in [0, 0.1) is 5.41 Å². The van der Waals surface area contributed by atoms with Gasteiger partial charge in [-0.25, -0.2) is 0 Å². The predicted molar refractivity (Wildman–Crippen MR) is 70.7 cm³/mol. The number of hydrogen-bond donors (Lipinski definition) is 0. The summed E-state index contributed by atoms with van der Waals surface area (Å²) >= 11 is 0. The van der Waals surface area contributed by atoms with E-state index >= 15 is 0 Å². The van der Waals surface area contributed by atoms with E-state index in [0.29, 0.717) is 11.5 Å². The third-order valence-corrected chi connectivity index (χ3v) is 4.29. The summed E-state index contributed by atoms with van der Waals surface area (Å²) in [4.78, 5) is 13.3. The van der Waals surface area contributed by atoms with Gasteiger partial charge >= 0.3 is 0 Å². The number of amides is 1. The molecule has 0 radical (unpaired) electrons. The number of allylic oxidation sites excluding steroid dienone is 1. The Hall–Kier alpha value is -0.790. The van der Waals surface area contributed by atoms with Gasteiger partial charge in [-0.1, -0.05) is 45.3 Å². The Morgan fingerprint density at radius 3 is 2.76 bits per heavy atom. The van der Waals surface area contributed by atoms with Gasteiger partial charge in [0.15, 0.2) is 0 Å². The fourth-order valence-corrected chi connectivity index (χ4v) is 3.89. The van der Waals surface area contributed by atoms with Crippen molar-refractivity contribution in [1.29, 1.82) is 0 Å². The van der Waals surface area contributed by atoms with Crippen LogP contribution in [0.15, 0.2) is 11.6 Å². The maximum atomic E-state index is 11.2. The molecule has 2 nitrogen and oxygen atoms in total. The van der Waals surface area contributed by atoms with E-state index in [1.807, 2.05) is 4.90 Å². The molecule has 1 aliphatic carbocycles. The van der Waals surface area contributed by atoms with Crippen LogP contribution in [-0.2, 0) is 4.79 Å². The highest BCUT2D eigenvalue weighted by atomic mass is 16.1. The Morgan fingerprint density at radius 2 is 2.24 bits per heavy atom. The summed E-state index contributed by atoms with van der Waals surface area (Å²) in [5, 5.41) is 0. The van der Waals surface area contributed by atoms with Gasteiger partial charge in [0.25, 0.3) is 0 Å². The van der Waals surface area contributed by atoms with Crippen LogP contribution in [0.1, 0.15) is 59.8 Å². The maximum Gasteiger partial charge on any atom is 0.210 e. The smallest absolute Gasteiger partial charge is 0.210 e. The van der Waals surface area contributed by atoms with Crippen molar-refractivity contribution in [3.8, 4) is 0 Å². The summed E-state index contributed by atoms with van der Waals surface area (Å²) in [5.74, 6) is 0. The second kappa shape index (κ2) is 4.15. The summed E-state index contributed by atoms with van der Waals surface area (Å²) in [5.41, 5.74) is 1.86. The molecule has 1 amide bonds. The molecule has 1 aliphatic heterocycles. The van der Waals surface area contributed by atoms with E-state index in [9.17, 15) is 4.79 Å². The first-order valence-electron chi connectivity index (χ1n) is 6.87. The Labute approximate surface area is 105 Å². The van der Waals surface area contributed by atoms with E-state index in [-0.39, 0.29) is 5.54 Å². The van der Waals surface area contributed by atoms with Crippen LogP contribution in [0.4, 0.5) is 0 Å². The lowest BCUT2D eigenvalue weighted by molar-refractivity contribution is -0.114. The molecular formula is C15H25NO. The predicted octanol–water partition coefficient (Wildman–Crippen LogP) is 3.52. The minimum absolute atomic E-state index is 0.0722. The van der Waals surface area contributed by atoms with Gasteiger partial charge in [-0.05, 0) is 31.6 Å². The van der Waals surface area contributed by atoms with E-state index in [4.69, 9.17) is 0 Å². The molecule has 0 N–H and O–H groups in total. The van der Waals surface area contributed by atoms with Crippen molar-refractivity contribution >= 4 is 6.41 Å². The second-order valence-electron chi connectivity index (χ2n) is 6.67. The van der Waals surface area contributed by atoms with Crippen LogP contribution in [-0.4, -0.2) is 22.9 Å². The molecule has 1 spiro atoms. The second-order valence-corrected chi connectivity index (χ2v) is 6.67. The number of rotatable bonds is 4. The van der Waals surface area contributed by atoms with Crippen molar-refractivity contribution in [2.45, 2.75) is 71.4 Å². The standard InChI is InChI=1S/C15H25NO/c1-5-6-7-13-15(16(13)11-17)9-12(2)8-14(3,4)10-15/h9,11,13H,5-8,10H2,1-4H3. The van der Waals surface area contributed by atoms with Crippen LogP contribution >= 0.6 is 0 Å². The highest BCUT2D eigenvalue weighted by Gasteiger charge is 2.62. The minimum Gasteiger partial charge on any atom is -0.328 e. The average molecular weight is 235 g/mol. The van der Waals surface area contributed by atoms with Gasteiger partial charge in [-0.3, -0.25) is 4.79 Å². The number of nitrogens with zero attached hydrogens (tertiary/aromatic N) is 1. The van der Waals surface area contributed by atoms with E-state index in [1.54, 1.807) is 0 Å². The van der Waals surface area contributed by atoms with E-state index in [2.05, 4.69) is 33.8 Å². The summed E-state index contributed by atoms with van der Waals surface area (Å²) in [6, 6.07) is 0.467. The van der Waals surface area contributed by atoms with Crippen LogP contribution in [0.2, 0.25) is 0 Å². The van der Waals surface area contributed by atoms with Crippen molar-refractivity contribution in [1.82, 2.24) is 4.90 Å². The topological polar surface area (TPSA) is 20.1 Å². The number of carbonyl (C=O) groups is 1. The molecule has 17 heavy (non-hydrogen) atoms. The van der Waals surface area contributed by atoms with E-state index < -0.39 is 0 Å². The van der Waals surface area contributed by atoms with Crippen molar-refractivity contribution < 1.29 is 4.79 Å². The quantitative estimate of drug-likeness (QED) is 0.415. The highest BCUT2D eigenvalue weighted by molar-refractivity contribution is 5.60. The lowest BCUT2D eigenvalue weighted by atomic mass is 9.71. The number of unbranched alkanes of at least 4 members (excludes halogenated alkanes) is 1. The van der Waals surface area contributed by atoms with Crippen LogP contribution < -0.4 is 0 Å². The fraction of sp³-hybridized carbons (Fsp3) is 0.800. The van der Waals surface area contributed by atoms with Crippen molar-refractivity contribution in [3.63, 3.8) is 0 Å². The minimum atomic E-state index is 0.0722. The molecule has 2 heteroatoms. The first-order valence-corrected chi connectivity index (χ1v) is 6.87. The molecule has 0 aromatic carbocycles. The van der Waals surface area contributed by atoms with Gasteiger partial charge in [-0.2, -0.15) is 0 Å². The Bertz CT molecular complexity index is 345. The molecule has 1 fully saturated rings. The van der Waals surface area contributed by atoms with E-state index in [0.717, 1.165) is 19.3 Å². The molecular weight excluding hydrogens is 210 g/mol. The van der Waals surface area contributed by atoms with Crippen molar-refractivity contribution in [2.24, 2.45) is 5.41 Å². The molecule has 0 saturated carbocycles. The lowest BCUT2D eigenvalue weighted by Crippen LogP contribution is -2.30. The number of hydrogen-bond acceptors (Lipinski definition) is 1. The fourth-order valence-electron chi connectivity index (χ4n) is 3.89. The average Bonchev–Trinajstić information content (AvgIpc) is 2.76. The van der Waals surface area contributed by atoms with Gasteiger partial charge < -0.3 is 4.90 Å². The van der Waals surface area contributed by atoms with Gasteiger partial charge in [0.05, 0.1) is 11.6 Å². The Balaban J connectivity index is 2.18. The van der Waals surface area contributed by atoms with Crippen molar-refractivity contribution in [2.75, 3.05) is 0 Å². The largest absolute Gasteiger partial charge is 0.328 e. The first kappa shape index (κ1) is 12.7. The van der Waals surface area contributed by atoms with Crippen LogP contribution in [0.5, 0.6) is 0 Å². The molecule has 0 bridgehead atoms. The lowest BCUT2D eigenvalue weighted by Gasteiger charge is -2.34. The van der Waals surface area contributed by atoms with Crippen LogP contribution in [0.3, 0.4) is 0 Å². The Morgan fingerprint density at radius 1 is 1.53 bits per heavy atom. The molecule has 0 aromatic rings. The van der Waals surface area contributed by atoms with E-state index in [1.165, 1.54) is 24.8 Å². The molecule has 1 saturated heterocycles. The zero-order chi connectivity index (χ0) is 12.7. The molecule has 2 atom stereocenters. The summed E-state index contributed by atoms with van der Waals surface area (Å²) in [7, 11) is 0. The summed E-state index contributed by atoms with van der Waals surface area (Å²) < 4.78 is 0. The normalized spacial score (nSPS) is 34.7. The zero-order valence-electron chi connectivity index (χ0n) is 11.6. The molecule has 2 rings (SSSR count). The van der Waals surface area contributed by atoms with Gasteiger partial charge in [-0.15, -0.1) is 0 Å². The van der Waals surface area contributed by atoms with Gasteiger partial charge in [0.1, 0.15) is 0 Å². The van der Waals surface area contributed by atoms with Crippen LogP contribution in [0.25, 0.3) is 0 Å². The molecule has 96 valence electrons. The van der Waals surface area contributed by atoms with Gasteiger partial charge in [0, 0.05) is 0 Å². The first-order chi connectivity index (χ1) is 7.95. The maximum absolute atomic E-state index is 11.2. The molecule has 1 heterocycles. The monoisotopic (exact) mass is 235 g/mol. The van der Waals surface area contributed by atoms with Crippen molar-refractivity contribution in [3.05, 3.63) is 11.6 Å².